The van der Waals surface area contributed by atoms with E-state index in [1.54, 1.807) is 21.3 Å². The highest BCUT2D eigenvalue weighted by Gasteiger charge is 2.32. The lowest BCUT2D eigenvalue weighted by molar-refractivity contribution is -0.129. The number of carbonyl (C=O) groups is 1. The van der Waals surface area contributed by atoms with E-state index in [-0.39, 0.29) is 17.7 Å². The molecule has 1 aliphatic rings. The molecule has 2 heterocycles. The molecular formula is C23H26N4O4S. The Labute approximate surface area is 191 Å². The van der Waals surface area contributed by atoms with Gasteiger partial charge in [0.1, 0.15) is 17.2 Å². The minimum absolute atomic E-state index is 0.0323. The van der Waals surface area contributed by atoms with Crippen LogP contribution in [0.15, 0.2) is 47.6 Å². The number of ether oxygens (including phenoxy) is 3. The van der Waals surface area contributed by atoms with Crippen LogP contribution in [0.25, 0.3) is 11.4 Å². The highest BCUT2D eigenvalue weighted by atomic mass is 32.2. The van der Waals surface area contributed by atoms with E-state index in [9.17, 15) is 4.79 Å². The molecule has 0 aliphatic carbocycles. The lowest BCUT2D eigenvalue weighted by Gasteiger charge is -2.26. The van der Waals surface area contributed by atoms with Crippen LogP contribution >= 0.6 is 11.8 Å². The first-order valence-corrected chi connectivity index (χ1v) is 11.3. The zero-order valence-corrected chi connectivity index (χ0v) is 19.1. The third kappa shape index (κ3) is 4.67. The predicted octanol–water partition coefficient (Wildman–Crippen LogP) is 3.95. The number of aromatic amines is 1. The zero-order chi connectivity index (χ0) is 22.5. The molecule has 1 N–H and O–H groups in total. The first-order valence-electron chi connectivity index (χ1n) is 10.3. The Kier molecular flexibility index (Phi) is 6.84. The van der Waals surface area contributed by atoms with Crippen LogP contribution < -0.4 is 14.2 Å². The molecule has 9 heteroatoms. The van der Waals surface area contributed by atoms with Gasteiger partial charge in [0.15, 0.2) is 5.82 Å². The molecule has 1 amide bonds. The SMILES string of the molecule is COc1ccc(-c2nc(SCC(=O)N3CCCC3c3cc(OC)ccc3OC)n[nH]2)cc1. The smallest absolute Gasteiger partial charge is 0.233 e. The van der Waals surface area contributed by atoms with Crippen molar-refractivity contribution in [3.8, 4) is 28.6 Å². The molecule has 1 atom stereocenters. The molecule has 0 radical (unpaired) electrons. The van der Waals surface area contributed by atoms with Crippen LogP contribution in [-0.2, 0) is 4.79 Å². The Bertz CT molecular complexity index is 1070. The van der Waals surface area contributed by atoms with Crippen LogP contribution in [-0.4, -0.2) is 59.6 Å². The Morgan fingerprint density at radius 1 is 1.09 bits per heavy atom. The number of nitrogens with one attached hydrogen (secondary N) is 1. The highest BCUT2D eigenvalue weighted by molar-refractivity contribution is 7.99. The largest absolute Gasteiger partial charge is 0.497 e. The predicted molar refractivity (Wildman–Crippen MR) is 122 cm³/mol. The Morgan fingerprint density at radius 3 is 2.56 bits per heavy atom. The summed E-state index contributed by atoms with van der Waals surface area (Å²) in [6, 6.07) is 13.2. The number of benzene rings is 2. The zero-order valence-electron chi connectivity index (χ0n) is 18.3. The van der Waals surface area contributed by atoms with Gasteiger partial charge in [-0.2, -0.15) is 0 Å². The maximum atomic E-state index is 13.1. The van der Waals surface area contributed by atoms with Crippen molar-refractivity contribution in [2.45, 2.75) is 24.0 Å². The van der Waals surface area contributed by atoms with Crippen LogP contribution in [0.5, 0.6) is 17.2 Å². The molecule has 0 saturated carbocycles. The lowest BCUT2D eigenvalue weighted by atomic mass is 10.0. The van der Waals surface area contributed by atoms with E-state index < -0.39 is 0 Å². The molecule has 32 heavy (non-hydrogen) atoms. The van der Waals surface area contributed by atoms with Gasteiger partial charge in [0.25, 0.3) is 0 Å². The summed E-state index contributed by atoms with van der Waals surface area (Å²) >= 11 is 1.33. The van der Waals surface area contributed by atoms with Crippen LogP contribution in [0.3, 0.4) is 0 Å². The van der Waals surface area contributed by atoms with E-state index in [2.05, 4.69) is 15.2 Å². The number of carbonyl (C=O) groups excluding carboxylic acids is 1. The number of rotatable bonds is 8. The molecule has 1 fully saturated rings. The molecular weight excluding hydrogens is 428 g/mol. The molecule has 2 aromatic carbocycles. The van der Waals surface area contributed by atoms with E-state index in [1.807, 2.05) is 47.4 Å². The van der Waals surface area contributed by atoms with Crippen molar-refractivity contribution in [1.29, 1.82) is 0 Å². The summed E-state index contributed by atoms with van der Waals surface area (Å²) < 4.78 is 16.1. The second-order valence-electron chi connectivity index (χ2n) is 7.34. The van der Waals surface area contributed by atoms with Gasteiger partial charge in [-0.25, -0.2) is 4.98 Å². The Morgan fingerprint density at radius 2 is 1.84 bits per heavy atom. The second kappa shape index (κ2) is 9.95. The normalized spacial score (nSPS) is 15.6. The summed E-state index contributed by atoms with van der Waals surface area (Å²) in [6.07, 6.45) is 1.84. The van der Waals surface area contributed by atoms with E-state index >= 15 is 0 Å². The molecule has 8 nitrogen and oxygen atoms in total. The summed E-state index contributed by atoms with van der Waals surface area (Å²) in [5.41, 5.74) is 1.88. The number of nitrogens with zero attached hydrogens (tertiary/aromatic N) is 3. The third-order valence-electron chi connectivity index (χ3n) is 5.52. The topological polar surface area (TPSA) is 89.6 Å². The molecule has 1 aliphatic heterocycles. The maximum Gasteiger partial charge on any atom is 0.233 e. The van der Waals surface area contributed by atoms with Crippen LogP contribution in [0.4, 0.5) is 0 Å². The molecule has 0 bridgehead atoms. The molecule has 3 aromatic rings. The average Bonchev–Trinajstić information content (AvgIpc) is 3.52. The van der Waals surface area contributed by atoms with Crippen molar-refractivity contribution in [2.24, 2.45) is 0 Å². The first-order chi connectivity index (χ1) is 15.6. The van der Waals surface area contributed by atoms with Crippen molar-refractivity contribution in [2.75, 3.05) is 33.6 Å². The Balaban J connectivity index is 1.42. The summed E-state index contributed by atoms with van der Waals surface area (Å²) in [6.45, 7) is 0.718. The second-order valence-corrected chi connectivity index (χ2v) is 8.28. The number of thioether (sulfide) groups is 1. The van der Waals surface area contributed by atoms with Gasteiger partial charge in [0, 0.05) is 17.7 Å². The molecule has 1 aromatic heterocycles. The van der Waals surface area contributed by atoms with Crippen LogP contribution in [0, 0.1) is 0 Å². The number of hydrogen-bond donors (Lipinski definition) is 1. The fraction of sp³-hybridized carbons (Fsp3) is 0.348. The number of amides is 1. The minimum atomic E-state index is -0.0323. The molecule has 4 rings (SSSR count). The quantitative estimate of drug-likeness (QED) is 0.516. The van der Waals surface area contributed by atoms with Gasteiger partial charge in [-0.1, -0.05) is 11.8 Å². The van der Waals surface area contributed by atoms with E-state index in [0.29, 0.717) is 11.0 Å². The average molecular weight is 455 g/mol. The first kappa shape index (κ1) is 22.0. The molecule has 0 spiro atoms. The monoisotopic (exact) mass is 454 g/mol. The number of hydrogen-bond acceptors (Lipinski definition) is 7. The van der Waals surface area contributed by atoms with Gasteiger partial charge >= 0.3 is 0 Å². The van der Waals surface area contributed by atoms with Gasteiger partial charge < -0.3 is 19.1 Å². The molecule has 1 saturated heterocycles. The van der Waals surface area contributed by atoms with E-state index in [4.69, 9.17) is 14.2 Å². The van der Waals surface area contributed by atoms with Gasteiger partial charge in [0.2, 0.25) is 11.1 Å². The number of likely N-dealkylation sites (tertiary alicyclic amines) is 1. The summed E-state index contributed by atoms with van der Waals surface area (Å²) in [7, 11) is 4.91. The number of methoxy groups -OCH3 is 3. The summed E-state index contributed by atoms with van der Waals surface area (Å²) in [4.78, 5) is 19.5. The van der Waals surface area contributed by atoms with Gasteiger partial charge in [-0.3, -0.25) is 9.89 Å². The van der Waals surface area contributed by atoms with Crippen molar-refractivity contribution >= 4 is 17.7 Å². The van der Waals surface area contributed by atoms with Crippen molar-refractivity contribution in [3.63, 3.8) is 0 Å². The van der Waals surface area contributed by atoms with E-state index in [1.165, 1.54) is 11.8 Å². The lowest BCUT2D eigenvalue weighted by Crippen LogP contribution is -2.32. The summed E-state index contributed by atoms with van der Waals surface area (Å²) in [5.74, 6) is 3.27. The van der Waals surface area contributed by atoms with Crippen molar-refractivity contribution in [1.82, 2.24) is 20.1 Å². The van der Waals surface area contributed by atoms with Crippen molar-refractivity contribution in [3.05, 3.63) is 48.0 Å². The number of H-pyrrole nitrogens is 1. The standard InChI is InChI=1S/C23H26N4O4S/c1-29-16-8-6-15(7-9-16)22-24-23(26-25-22)32-14-21(28)27-12-4-5-19(27)18-13-17(30-2)10-11-20(18)31-3/h6-11,13,19H,4-5,12,14H2,1-3H3,(H,24,25,26). The highest BCUT2D eigenvalue weighted by Crippen LogP contribution is 2.39. The van der Waals surface area contributed by atoms with Gasteiger partial charge in [-0.05, 0) is 55.3 Å². The molecule has 1 unspecified atom stereocenters. The van der Waals surface area contributed by atoms with Gasteiger partial charge in [-0.15, -0.1) is 5.10 Å². The van der Waals surface area contributed by atoms with E-state index in [0.717, 1.165) is 47.8 Å². The fourth-order valence-electron chi connectivity index (χ4n) is 3.89. The van der Waals surface area contributed by atoms with Gasteiger partial charge in [0.05, 0.1) is 33.1 Å². The van der Waals surface area contributed by atoms with Crippen LogP contribution in [0.1, 0.15) is 24.4 Å². The molecule has 168 valence electrons. The maximum absolute atomic E-state index is 13.1. The fourth-order valence-corrected chi connectivity index (χ4v) is 4.57. The Hall–Kier alpha value is -3.20. The van der Waals surface area contributed by atoms with Crippen LogP contribution in [0.2, 0.25) is 0 Å². The summed E-state index contributed by atoms with van der Waals surface area (Å²) in [5, 5.41) is 7.73. The minimum Gasteiger partial charge on any atom is -0.497 e. The third-order valence-corrected chi connectivity index (χ3v) is 6.35. The number of aromatic nitrogens is 3. The van der Waals surface area contributed by atoms with Crippen molar-refractivity contribution < 1.29 is 19.0 Å².